The van der Waals surface area contributed by atoms with Gasteiger partial charge >= 0.3 is 11.9 Å². The van der Waals surface area contributed by atoms with Gasteiger partial charge in [-0.05, 0) is 48.0 Å². The van der Waals surface area contributed by atoms with Gasteiger partial charge in [0, 0.05) is 6.04 Å². The molecule has 0 aromatic carbocycles. The molecule has 2 heterocycles. The lowest BCUT2D eigenvalue weighted by molar-refractivity contribution is -0.150. The van der Waals surface area contributed by atoms with E-state index in [-0.39, 0.29) is 31.3 Å². The Morgan fingerprint density at radius 1 is 1.15 bits per heavy atom. The van der Waals surface area contributed by atoms with Crippen LogP contribution in [0.4, 0.5) is 5.82 Å². The topological polar surface area (TPSA) is 173 Å². The fourth-order valence-electron chi connectivity index (χ4n) is 3.85. The van der Waals surface area contributed by atoms with Crippen molar-refractivity contribution in [1.29, 1.82) is 0 Å². The van der Waals surface area contributed by atoms with Crippen LogP contribution in [0.5, 0.6) is 0 Å². The molecule has 13 nitrogen and oxygen atoms in total. The number of nitrogens with two attached hydrogens (primary N) is 1. The Bertz CT molecular complexity index is 1140. The third-order valence-corrected chi connectivity index (χ3v) is 7.94. The van der Waals surface area contributed by atoms with Crippen molar-refractivity contribution in [2.75, 3.05) is 18.7 Å². The predicted molar refractivity (Wildman–Crippen MR) is 149 cm³/mol. The number of hydrogen-bond acceptors (Lipinski definition) is 10. The first-order valence-corrected chi connectivity index (χ1v) is 15.2. The molecule has 0 unspecified atom stereocenters. The van der Waals surface area contributed by atoms with Crippen molar-refractivity contribution in [2.24, 2.45) is 0 Å². The number of ether oxygens (including phenoxy) is 3. The van der Waals surface area contributed by atoms with E-state index in [2.05, 4.69) is 32.1 Å². The number of rotatable bonds is 17. The average molecular weight is 570 g/mol. The van der Waals surface area contributed by atoms with Crippen LogP contribution < -0.4 is 15.9 Å². The number of carbonyl (C=O) groups excluding carboxylic acids is 2. The van der Waals surface area contributed by atoms with Crippen molar-refractivity contribution in [3.63, 3.8) is 0 Å². The maximum atomic E-state index is 14.1. The molecular formula is C25H44N7O6P. The zero-order valence-electron chi connectivity index (χ0n) is 24.1. The van der Waals surface area contributed by atoms with E-state index in [0.717, 1.165) is 19.3 Å². The van der Waals surface area contributed by atoms with Crippen molar-refractivity contribution in [3.05, 3.63) is 12.7 Å². The second kappa shape index (κ2) is 14.7. The lowest BCUT2D eigenvalue weighted by Gasteiger charge is -2.32. The number of aromatic nitrogens is 4. The van der Waals surface area contributed by atoms with E-state index in [1.54, 1.807) is 45.5 Å². The summed E-state index contributed by atoms with van der Waals surface area (Å²) in [5, 5.41) is 5.93. The molecular weight excluding hydrogens is 525 g/mol. The Balaban J connectivity index is 2.12. The van der Waals surface area contributed by atoms with Gasteiger partial charge in [0.15, 0.2) is 11.5 Å². The molecule has 0 saturated heterocycles. The quantitative estimate of drug-likeness (QED) is 0.144. The Kier molecular flexibility index (Phi) is 12.3. The standard InChI is InChI=1S/C25H44N7O6P/c1-8-9-10-11-36-24(34)25(6,7)31-39(35,30-18(4)12-20(33)38-17(2)3)16-37-19(5)13-32-15-29-21-22(26)27-14-28-23(21)32/h14-15,17-19H,8-13,16H2,1-7H3,(H2,26,27,28)(H2,30,31,35)/t18-,19+,39+/m0/s1. The monoisotopic (exact) mass is 569 g/mol. The van der Waals surface area contributed by atoms with E-state index in [1.165, 1.54) is 6.33 Å². The number of fused-ring (bicyclic) bond motifs is 1. The highest BCUT2D eigenvalue weighted by molar-refractivity contribution is 7.59. The van der Waals surface area contributed by atoms with Crippen LogP contribution in [0.2, 0.25) is 0 Å². The molecule has 14 heteroatoms. The molecule has 220 valence electrons. The van der Waals surface area contributed by atoms with Crippen LogP contribution in [0.1, 0.15) is 74.1 Å². The molecule has 0 aliphatic heterocycles. The number of anilines is 1. The summed E-state index contributed by atoms with van der Waals surface area (Å²) < 4.78 is 32.5. The van der Waals surface area contributed by atoms with Gasteiger partial charge in [-0.25, -0.2) is 25.1 Å². The van der Waals surface area contributed by atoms with E-state index in [4.69, 9.17) is 19.9 Å². The van der Waals surface area contributed by atoms with Gasteiger partial charge in [-0.1, -0.05) is 19.8 Å². The van der Waals surface area contributed by atoms with Crippen LogP contribution in [0, 0.1) is 0 Å². The third kappa shape index (κ3) is 10.5. The Hall–Kier alpha value is -2.60. The summed E-state index contributed by atoms with van der Waals surface area (Å²) in [7, 11) is -3.59. The van der Waals surface area contributed by atoms with Crippen molar-refractivity contribution < 1.29 is 28.4 Å². The smallest absolute Gasteiger partial charge is 0.326 e. The first-order valence-electron chi connectivity index (χ1n) is 13.3. The van der Waals surface area contributed by atoms with E-state index in [0.29, 0.717) is 17.7 Å². The molecule has 0 bridgehead atoms. The van der Waals surface area contributed by atoms with Crippen molar-refractivity contribution in [2.45, 2.75) is 104 Å². The fourth-order valence-corrected chi connectivity index (χ4v) is 6.32. The fraction of sp³-hybridized carbons (Fsp3) is 0.720. The van der Waals surface area contributed by atoms with Gasteiger partial charge in [0.1, 0.15) is 23.7 Å². The molecule has 3 atom stereocenters. The molecule has 0 fully saturated rings. The summed E-state index contributed by atoms with van der Waals surface area (Å²) >= 11 is 0. The number of unbranched alkanes of at least 4 members (excludes halogenated alkanes) is 2. The summed E-state index contributed by atoms with van der Waals surface area (Å²) in [5.41, 5.74) is 5.63. The summed E-state index contributed by atoms with van der Waals surface area (Å²) in [5.74, 6) is -0.671. The molecule has 0 spiro atoms. The largest absolute Gasteiger partial charge is 0.464 e. The Labute approximate surface area is 230 Å². The average Bonchev–Trinajstić information content (AvgIpc) is 3.23. The number of esters is 2. The van der Waals surface area contributed by atoms with E-state index < -0.39 is 37.1 Å². The van der Waals surface area contributed by atoms with Gasteiger partial charge in [0.25, 0.3) is 0 Å². The molecule has 2 rings (SSSR count). The zero-order valence-corrected chi connectivity index (χ0v) is 25.0. The number of carbonyl (C=O) groups is 2. The number of nitrogens with one attached hydrogen (secondary N) is 2. The van der Waals surface area contributed by atoms with Gasteiger partial charge in [-0.3, -0.25) is 14.2 Å². The van der Waals surface area contributed by atoms with E-state index in [1.807, 2.05) is 6.92 Å². The Morgan fingerprint density at radius 3 is 2.54 bits per heavy atom. The Morgan fingerprint density at radius 2 is 1.87 bits per heavy atom. The van der Waals surface area contributed by atoms with Gasteiger partial charge in [-0.2, -0.15) is 0 Å². The van der Waals surface area contributed by atoms with Gasteiger partial charge in [0.05, 0.1) is 38.1 Å². The minimum absolute atomic E-state index is 0.0105. The van der Waals surface area contributed by atoms with Crippen LogP contribution >= 0.6 is 7.44 Å². The lowest BCUT2D eigenvalue weighted by Crippen LogP contribution is -2.49. The highest BCUT2D eigenvalue weighted by Gasteiger charge is 2.38. The summed E-state index contributed by atoms with van der Waals surface area (Å²) in [6, 6.07) is -0.526. The van der Waals surface area contributed by atoms with Crippen molar-refractivity contribution in [1.82, 2.24) is 29.7 Å². The van der Waals surface area contributed by atoms with Crippen LogP contribution in [0.3, 0.4) is 0 Å². The molecule has 0 aliphatic rings. The van der Waals surface area contributed by atoms with Crippen LogP contribution in [-0.2, 0) is 34.9 Å². The van der Waals surface area contributed by atoms with E-state index in [9.17, 15) is 14.2 Å². The minimum Gasteiger partial charge on any atom is -0.464 e. The van der Waals surface area contributed by atoms with Gasteiger partial charge in [0.2, 0.25) is 7.44 Å². The molecule has 0 radical (unpaired) electrons. The normalized spacial score (nSPS) is 15.2. The maximum absolute atomic E-state index is 14.1. The molecule has 2 aromatic heterocycles. The number of nitrogens with zero attached hydrogens (tertiary/aromatic N) is 4. The lowest BCUT2D eigenvalue weighted by atomic mass is 10.1. The summed E-state index contributed by atoms with van der Waals surface area (Å²) in [6.45, 7) is 13.0. The molecule has 4 N–H and O–H groups in total. The molecule has 0 amide bonds. The molecule has 39 heavy (non-hydrogen) atoms. The highest BCUT2D eigenvalue weighted by Crippen LogP contribution is 2.40. The van der Waals surface area contributed by atoms with Gasteiger partial charge in [-0.15, -0.1) is 0 Å². The summed E-state index contributed by atoms with van der Waals surface area (Å²) in [4.78, 5) is 37.4. The molecule has 0 aliphatic carbocycles. The van der Waals surface area contributed by atoms with Crippen molar-refractivity contribution in [3.8, 4) is 0 Å². The second-order valence-corrected chi connectivity index (χ2v) is 12.7. The summed E-state index contributed by atoms with van der Waals surface area (Å²) in [6.07, 6.45) is 4.70. The van der Waals surface area contributed by atoms with Gasteiger partial charge < -0.3 is 24.5 Å². The number of hydrogen-bond donors (Lipinski definition) is 3. The minimum atomic E-state index is -3.59. The van der Waals surface area contributed by atoms with E-state index >= 15 is 0 Å². The first-order chi connectivity index (χ1) is 18.3. The predicted octanol–water partition coefficient (Wildman–Crippen LogP) is 3.39. The van der Waals surface area contributed by atoms with Crippen LogP contribution in [0.25, 0.3) is 11.2 Å². The molecule has 2 aromatic rings. The highest BCUT2D eigenvalue weighted by atomic mass is 31.2. The maximum Gasteiger partial charge on any atom is 0.326 e. The first kappa shape index (κ1) is 32.6. The second-order valence-electron chi connectivity index (χ2n) is 10.5. The number of nitrogen functional groups attached to an aromatic ring is 1. The molecule has 0 saturated carbocycles. The van der Waals surface area contributed by atoms with Crippen LogP contribution in [-0.4, -0.2) is 68.2 Å². The number of imidazole rings is 1. The SMILES string of the molecule is CCCCCOC(=O)C(C)(C)N[P@@](=O)(CO[C@H](C)Cn1cnc2c(N)ncnc21)N[C@@H](C)CC(=O)OC(C)C. The van der Waals surface area contributed by atoms with Crippen molar-refractivity contribution >= 4 is 36.4 Å². The van der Waals surface area contributed by atoms with Crippen LogP contribution in [0.15, 0.2) is 12.7 Å². The third-order valence-electron chi connectivity index (χ3n) is 5.64. The zero-order chi connectivity index (χ0) is 29.2.